The standard InChI is InChI=1S/C20H20FN3O3S2/c1-14-18(13-15-7-5-6-10-17(15)21)28-20(23-14)24-19(25)11-12-22-29(26,27)16-8-3-2-4-9-16/h2-10,22H,11-13H2,1H3,(H,23,24,25). The van der Waals surface area contributed by atoms with Crippen molar-refractivity contribution in [2.45, 2.75) is 24.7 Å². The number of halogens is 1. The van der Waals surface area contributed by atoms with Crippen LogP contribution in [-0.4, -0.2) is 25.9 Å². The minimum atomic E-state index is -3.65. The van der Waals surface area contributed by atoms with Gasteiger partial charge >= 0.3 is 0 Å². The van der Waals surface area contributed by atoms with Crippen LogP contribution in [0.15, 0.2) is 59.5 Å². The van der Waals surface area contributed by atoms with Gasteiger partial charge in [0.1, 0.15) is 5.82 Å². The highest BCUT2D eigenvalue weighted by Crippen LogP contribution is 2.26. The van der Waals surface area contributed by atoms with E-state index in [0.29, 0.717) is 17.1 Å². The van der Waals surface area contributed by atoms with Crippen LogP contribution in [0.4, 0.5) is 9.52 Å². The van der Waals surface area contributed by atoms with Gasteiger partial charge in [-0.25, -0.2) is 22.5 Å². The molecule has 9 heteroatoms. The Hall–Kier alpha value is -2.62. The van der Waals surface area contributed by atoms with Crippen molar-refractivity contribution in [1.82, 2.24) is 9.71 Å². The average molecular weight is 434 g/mol. The Balaban J connectivity index is 1.54. The molecule has 0 saturated heterocycles. The zero-order valence-corrected chi connectivity index (χ0v) is 17.3. The number of hydrogen-bond donors (Lipinski definition) is 2. The van der Waals surface area contributed by atoms with E-state index in [9.17, 15) is 17.6 Å². The summed E-state index contributed by atoms with van der Waals surface area (Å²) in [4.78, 5) is 17.4. The van der Waals surface area contributed by atoms with Crippen molar-refractivity contribution in [3.05, 3.63) is 76.5 Å². The highest BCUT2D eigenvalue weighted by Gasteiger charge is 2.15. The van der Waals surface area contributed by atoms with Crippen LogP contribution < -0.4 is 10.0 Å². The molecular formula is C20H20FN3O3S2. The maximum absolute atomic E-state index is 13.8. The summed E-state index contributed by atoms with van der Waals surface area (Å²) in [6.07, 6.45) is 0.357. The fraction of sp³-hybridized carbons (Fsp3) is 0.200. The molecule has 0 bridgehead atoms. The number of nitrogens with one attached hydrogen (secondary N) is 2. The van der Waals surface area contributed by atoms with Crippen LogP contribution >= 0.6 is 11.3 Å². The fourth-order valence-electron chi connectivity index (χ4n) is 2.62. The van der Waals surface area contributed by atoms with Crippen molar-refractivity contribution in [2.24, 2.45) is 0 Å². The fourth-order valence-corrected chi connectivity index (χ4v) is 4.68. The smallest absolute Gasteiger partial charge is 0.240 e. The van der Waals surface area contributed by atoms with E-state index in [1.54, 1.807) is 43.3 Å². The van der Waals surface area contributed by atoms with Gasteiger partial charge in [0, 0.05) is 24.3 Å². The van der Waals surface area contributed by atoms with Crippen LogP contribution in [0.5, 0.6) is 0 Å². The molecule has 0 aliphatic rings. The quantitative estimate of drug-likeness (QED) is 0.569. The van der Waals surface area contributed by atoms with Crippen molar-refractivity contribution in [3.63, 3.8) is 0 Å². The van der Waals surface area contributed by atoms with Crippen LogP contribution in [0.2, 0.25) is 0 Å². The number of carbonyl (C=O) groups is 1. The van der Waals surface area contributed by atoms with Gasteiger partial charge in [-0.15, -0.1) is 11.3 Å². The number of aromatic nitrogens is 1. The van der Waals surface area contributed by atoms with E-state index in [2.05, 4.69) is 15.0 Å². The van der Waals surface area contributed by atoms with Crippen LogP contribution in [0, 0.1) is 12.7 Å². The lowest BCUT2D eigenvalue weighted by atomic mass is 10.1. The lowest BCUT2D eigenvalue weighted by molar-refractivity contribution is -0.116. The van der Waals surface area contributed by atoms with Gasteiger partial charge in [0.05, 0.1) is 10.6 Å². The molecule has 0 atom stereocenters. The molecule has 2 N–H and O–H groups in total. The molecule has 1 aromatic heterocycles. The molecule has 6 nitrogen and oxygen atoms in total. The number of amides is 1. The first-order valence-corrected chi connectivity index (χ1v) is 11.2. The first kappa shape index (κ1) is 21.1. The average Bonchev–Trinajstić information content (AvgIpc) is 3.03. The van der Waals surface area contributed by atoms with Crippen LogP contribution in [0.25, 0.3) is 0 Å². The minimum Gasteiger partial charge on any atom is -0.302 e. The maximum Gasteiger partial charge on any atom is 0.240 e. The molecule has 0 unspecified atom stereocenters. The number of thiazole rings is 1. The number of nitrogens with zero attached hydrogens (tertiary/aromatic N) is 1. The van der Waals surface area contributed by atoms with Gasteiger partial charge in [-0.05, 0) is 30.7 Å². The Kier molecular flexibility index (Phi) is 6.73. The summed E-state index contributed by atoms with van der Waals surface area (Å²) in [7, 11) is -3.65. The van der Waals surface area contributed by atoms with Gasteiger partial charge in [0.15, 0.2) is 5.13 Å². The zero-order chi connectivity index (χ0) is 20.9. The SMILES string of the molecule is Cc1nc(NC(=O)CCNS(=O)(=O)c2ccccc2)sc1Cc1ccccc1F. The summed E-state index contributed by atoms with van der Waals surface area (Å²) >= 11 is 1.28. The second-order valence-corrected chi connectivity index (χ2v) is 9.16. The number of aryl methyl sites for hydroxylation is 1. The van der Waals surface area contributed by atoms with Crippen LogP contribution in [0.3, 0.4) is 0 Å². The third kappa shape index (κ3) is 5.69. The molecule has 152 valence electrons. The Morgan fingerprint density at radius 1 is 1.10 bits per heavy atom. The Labute approximate surface area is 172 Å². The molecule has 0 fully saturated rings. The van der Waals surface area contributed by atoms with Gasteiger partial charge in [0.2, 0.25) is 15.9 Å². The summed E-state index contributed by atoms with van der Waals surface area (Å²) in [5, 5.41) is 3.08. The minimum absolute atomic E-state index is 0.0322. The summed E-state index contributed by atoms with van der Waals surface area (Å²) in [5.41, 5.74) is 1.28. The molecule has 0 radical (unpaired) electrons. The van der Waals surface area contributed by atoms with E-state index in [0.717, 1.165) is 10.6 Å². The van der Waals surface area contributed by atoms with E-state index in [1.807, 2.05) is 0 Å². The second kappa shape index (κ2) is 9.25. The van der Waals surface area contributed by atoms with Crippen molar-refractivity contribution >= 4 is 32.4 Å². The van der Waals surface area contributed by atoms with Gasteiger partial charge in [-0.3, -0.25) is 4.79 Å². The van der Waals surface area contributed by atoms with E-state index in [-0.39, 0.29) is 29.6 Å². The largest absolute Gasteiger partial charge is 0.302 e. The number of sulfonamides is 1. The number of benzene rings is 2. The molecule has 0 saturated carbocycles. The lowest BCUT2D eigenvalue weighted by Crippen LogP contribution is -2.27. The van der Waals surface area contributed by atoms with E-state index >= 15 is 0 Å². The molecule has 3 aromatic rings. The summed E-state index contributed by atoms with van der Waals surface area (Å²) in [5.74, 6) is -0.636. The van der Waals surface area contributed by atoms with Crippen molar-refractivity contribution in [3.8, 4) is 0 Å². The topological polar surface area (TPSA) is 88.2 Å². The summed E-state index contributed by atoms with van der Waals surface area (Å²) in [6.45, 7) is 1.77. The van der Waals surface area contributed by atoms with E-state index < -0.39 is 10.0 Å². The predicted molar refractivity (Wildman–Crippen MR) is 111 cm³/mol. The summed E-state index contributed by atoms with van der Waals surface area (Å²) in [6, 6.07) is 14.5. The third-order valence-electron chi connectivity index (χ3n) is 4.15. The Morgan fingerprint density at radius 3 is 2.52 bits per heavy atom. The van der Waals surface area contributed by atoms with Gasteiger partial charge in [-0.1, -0.05) is 36.4 Å². The normalized spacial score (nSPS) is 11.4. The first-order chi connectivity index (χ1) is 13.8. The molecule has 0 aliphatic carbocycles. The number of anilines is 1. The Morgan fingerprint density at radius 2 is 1.79 bits per heavy atom. The van der Waals surface area contributed by atoms with Crippen molar-refractivity contribution in [2.75, 3.05) is 11.9 Å². The number of hydrogen-bond acceptors (Lipinski definition) is 5. The molecule has 1 amide bonds. The molecule has 1 heterocycles. The Bertz CT molecular complexity index is 1100. The molecule has 0 aliphatic heterocycles. The van der Waals surface area contributed by atoms with Crippen LogP contribution in [0.1, 0.15) is 22.6 Å². The number of carbonyl (C=O) groups excluding carboxylic acids is 1. The highest BCUT2D eigenvalue weighted by atomic mass is 32.2. The van der Waals surface area contributed by atoms with E-state index in [1.165, 1.54) is 29.5 Å². The van der Waals surface area contributed by atoms with Gasteiger partial charge in [0.25, 0.3) is 0 Å². The maximum atomic E-state index is 13.8. The van der Waals surface area contributed by atoms with Gasteiger partial charge < -0.3 is 5.32 Å². The van der Waals surface area contributed by atoms with Gasteiger partial charge in [-0.2, -0.15) is 0 Å². The van der Waals surface area contributed by atoms with E-state index in [4.69, 9.17) is 0 Å². The molecular weight excluding hydrogens is 413 g/mol. The first-order valence-electron chi connectivity index (χ1n) is 8.89. The third-order valence-corrected chi connectivity index (χ3v) is 6.70. The molecule has 29 heavy (non-hydrogen) atoms. The molecule has 0 spiro atoms. The van der Waals surface area contributed by atoms with Crippen molar-refractivity contribution < 1.29 is 17.6 Å². The molecule has 2 aromatic carbocycles. The summed E-state index contributed by atoms with van der Waals surface area (Å²) < 4.78 is 40.5. The molecule has 3 rings (SSSR count). The lowest BCUT2D eigenvalue weighted by Gasteiger charge is -2.06. The monoisotopic (exact) mass is 433 g/mol. The number of rotatable bonds is 8. The zero-order valence-electron chi connectivity index (χ0n) is 15.7. The van der Waals surface area contributed by atoms with Crippen LogP contribution in [-0.2, 0) is 21.2 Å². The predicted octanol–water partition coefficient (Wildman–Crippen LogP) is 3.49. The second-order valence-electron chi connectivity index (χ2n) is 6.30. The highest BCUT2D eigenvalue weighted by molar-refractivity contribution is 7.89. The van der Waals surface area contributed by atoms with Crippen molar-refractivity contribution in [1.29, 1.82) is 0 Å².